The molecule has 0 aromatic carbocycles. The first kappa shape index (κ1) is 7.96. The molecular weight excluding hydrogens is 168 g/mol. The minimum atomic E-state index is -1.14. The lowest BCUT2D eigenvalue weighted by Crippen LogP contribution is -2.19. The van der Waals surface area contributed by atoms with Crippen LogP contribution in [0.4, 0.5) is 0 Å². The van der Waals surface area contributed by atoms with Crippen LogP contribution in [-0.2, 0) is 4.79 Å². The fourth-order valence-corrected chi connectivity index (χ4v) is 1.24. The molecule has 0 saturated carbocycles. The third-order valence-corrected chi connectivity index (χ3v) is 2.03. The van der Waals surface area contributed by atoms with E-state index in [4.69, 9.17) is 10.8 Å². The molecule has 11 heavy (non-hydrogen) atoms. The number of hydrogen-bond donors (Lipinski definition) is 3. The summed E-state index contributed by atoms with van der Waals surface area (Å²) in [6, 6.07) is 0.0858. The van der Waals surface area contributed by atoms with Gasteiger partial charge in [0.25, 0.3) is 5.56 Å². The summed E-state index contributed by atoms with van der Waals surface area (Å²) in [4.78, 5) is 21.1. The molecule has 0 saturated heterocycles. The lowest BCUT2D eigenvalue weighted by atomic mass is 10.3. The third kappa shape index (κ3) is 1.66. The number of carboxylic acids is 1. The Balaban J connectivity index is 2.93. The van der Waals surface area contributed by atoms with Crippen molar-refractivity contribution in [2.24, 2.45) is 5.73 Å². The van der Waals surface area contributed by atoms with Crippen molar-refractivity contribution in [2.75, 3.05) is 0 Å². The van der Waals surface area contributed by atoms with Crippen molar-refractivity contribution < 1.29 is 9.90 Å². The van der Waals surface area contributed by atoms with Gasteiger partial charge in [0.1, 0.15) is 6.04 Å². The van der Waals surface area contributed by atoms with Gasteiger partial charge in [0, 0.05) is 6.07 Å². The molecular formula is C5H6N2O3S. The van der Waals surface area contributed by atoms with Gasteiger partial charge >= 0.3 is 5.97 Å². The molecule has 0 fully saturated rings. The average molecular weight is 174 g/mol. The molecule has 1 aromatic rings. The number of carbonyl (C=O) groups is 1. The topological polar surface area (TPSA) is 96.2 Å². The van der Waals surface area contributed by atoms with Gasteiger partial charge in [-0.05, 0) is 0 Å². The number of H-pyrrole nitrogens is 1. The van der Waals surface area contributed by atoms with Gasteiger partial charge in [-0.2, -0.15) is 0 Å². The van der Waals surface area contributed by atoms with Crippen molar-refractivity contribution in [1.29, 1.82) is 0 Å². The van der Waals surface area contributed by atoms with Crippen LogP contribution < -0.4 is 11.3 Å². The summed E-state index contributed by atoms with van der Waals surface area (Å²) in [6.45, 7) is 0. The Morgan fingerprint density at radius 2 is 2.45 bits per heavy atom. The number of nitrogens with one attached hydrogen (secondary N) is 1. The first-order valence-corrected chi connectivity index (χ1v) is 3.59. The Kier molecular flexibility index (Phi) is 2.06. The quantitative estimate of drug-likeness (QED) is 0.564. The van der Waals surface area contributed by atoms with Crippen LogP contribution in [0, 0.1) is 0 Å². The van der Waals surface area contributed by atoms with Gasteiger partial charge in [-0.1, -0.05) is 11.5 Å². The van der Waals surface area contributed by atoms with E-state index >= 15 is 0 Å². The normalized spacial score (nSPS) is 12.8. The number of aromatic amines is 1. The zero-order chi connectivity index (χ0) is 8.43. The highest BCUT2D eigenvalue weighted by Gasteiger charge is 2.15. The Bertz CT molecular complexity index is 316. The molecule has 1 heterocycles. The second kappa shape index (κ2) is 2.85. The van der Waals surface area contributed by atoms with Gasteiger partial charge in [0.15, 0.2) is 0 Å². The molecule has 1 unspecified atom stereocenters. The highest BCUT2D eigenvalue weighted by atomic mass is 32.1. The van der Waals surface area contributed by atoms with Gasteiger partial charge in [0.05, 0.1) is 4.88 Å². The van der Waals surface area contributed by atoms with Crippen LogP contribution >= 0.6 is 11.5 Å². The van der Waals surface area contributed by atoms with Gasteiger partial charge in [-0.15, -0.1) is 0 Å². The first-order valence-electron chi connectivity index (χ1n) is 2.78. The summed E-state index contributed by atoms with van der Waals surface area (Å²) in [5, 5.41) is 8.41. The van der Waals surface area contributed by atoms with E-state index in [0.717, 1.165) is 11.5 Å². The molecule has 0 bridgehead atoms. The van der Waals surface area contributed by atoms with E-state index in [1.165, 1.54) is 6.07 Å². The molecule has 0 aliphatic heterocycles. The van der Waals surface area contributed by atoms with E-state index in [-0.39, 0.29) is 5.56 Å². The molecule has 1 aromatic heterocycles. The molecule has 6 heteroatoms. The standard InChI is InChI=1S/C5H6N2O3S/c6-4(5(9)10)2-1-3(8)7-11-2/h1,4H,6H2,(H,7,8)(H,9,10). The maximum atomic E-state index is 10.5. The predicted molar refractivity (Wildman–Crippen MR) is 39.5 cm³/mol. The van der Waals surface area contributed by atoms with Crippen LogP contribution in [0.25, 0.3) is 0 Å². The van der Waals surface area contributed by atoms with E-state index in [9.17, 15) is 9.59 Å². The minimum absolute atomic E-state index is 0.318. The molecule has 0 aliphatic carbocycles. The molecule has 0 aliphatic rings. The van der Waals surface area contributed by atoms with Gasteiger partial charge in [-0.3, -0.25) is 14.0 Å². The van der Waals surface area contributed by atoms with Gasteiger partial charge < -0.3 is 10.8 Å². The number of rotatable bonds is 2. The highest BCUT2D eigenvalue weighted by molar-refractivity contribution is 7.05. The zero-order valence-electron chi connectivity index (χ0n) is 5.40. The van der Waals surface area contributed by atoms with Crippen LogP contribution in [0.1, 0.15) is 10.9 Å². The summed E-state index contributed by atoms with van der Waals surface area (Å²) >= 11 is 0.943. The van der Waals surface area contributed by atoms with Crippen LogP contribution in [0.2, 0.25) is 0 Å². The first-order chi connectivity index (χ1) is 5.11. The summed E-state index contributed by atoms with van der Waals surface area (Å²) in [5.74, 6) is -1.14. The molecule has 0 spiro atoms. The molecule has 60 valence electrons. The van der Waals surface area contributed by atoms with E-state index in [0.29, 0.717) is 4.88 Å². The summed E-state index contributed by atoms with van der Waals surface area (Å²) in [7, 11) is 0. The molecule has 5 nitrogen and oxygen atoms in total. The number of aromatic nitrogens is 1. The predicted octanol–water partition coefficient (Wildman–Crippen LogP) is -0.479. The van der Waals surface area contributed by atoms with Crippen molar-refractivity contribution in [3.63, 3.8) is 0 Å². The Labute approximate surface area is 65.6 Å². The monoisotopic (exact) mass is 174 g/mol. The zero-order valence-corrected chi connectivity index (χ0v) is 6.22. The largest absolute Gasteiger partial charge is 0.480 e. The van der Waals surface area contributed by atoms with Crippen molar-refractivity contribution in [2.45, 2.75) is 6.04 Å². The van der Waals surface area contributed by atoms with Crippen LogP contribution in [0.5, 0.6) is 0 Å². The second-order valence-electron chi connectivity index (χ2n) is 1.93. The number of nitrogens with two attached hydrogens (primary N) is 1. The highest BCUT2D eigenvalue weighted by Crippen LogP contribution is 2.10. The number of aliphatic carboxylic acids is 1. The van der Waals surface area contributed by atoms with E-state index in [1.54, 1.807) is 0 Å². The van der Waals surface area contributed by atoms with E-state index in [1.807, 2.05) is 0 Å². The molecule has 1 rings (SSSR count). The van der Waals surface area contributed by atoms with Crippen LogP contribution in [0.15, 0.2) is 10.9 Å². The smallest absolute Gasteiger partial charge is 0.326 e. The van der Waals surface area contributed by atoms with Crippen molar-refractivity contribution >= 4 is 17.5 Å². The molecule has 0 amide bonds. The maximum Gasteiger partial charge on any atom is 0.326 e. The van der Waals surface area contributed by atoms with Crippen LogP contribution in [-0.4, -0.2) is 15.4 Å². The molecule has 4 N–H and O–H groups in total. The fraction of sp³-hybridized carbons (Fsp3) is 0.200. The number of carboxylic acid groups (broad SMARTS) is 1. The van der Waals surface area contributed by atoms with Crippen molar-refractivity contribution in [1.82, 2.24) is 4.37 Å². The van der Waals surface area contributed by atoms with Crippen molar-refractivity contribution in [3.8, 4) is 0 Å². The fourth-order valence-electron chi connectivity index (χ4n) is 0.572. The Morgan fingerprint density at radius 3 is 2.82 bits per heavy atom. The van der Waals surface area contributed by atoms with Crippen molar-refractivity contribution in [3.05, 3.63) is 21.3 Å². The summed E-state index contributed by atoms with van der Waals surface area (Å²) < 4.78 is 2.35. The average Bonchev–Trinajstić information content (AvgIpc) is 2.34. The molecule has 0 radical (unpaired) electrons. The van der Waals surface area contributed by atoms with E-state index < -0.39 is 12.0 Å². The Hall–Kier alpha value is -1.14. The van der Waals surface area contributed by atoms with Gasteiger partial charge in [0.2, 0.25) is 0 Å². The number of hydrogen-bond acceptors (Lipinski definition) is 4. The minimum Gasteiger partial charge on any atom is -0.480 e. The van der Waals surface area contributed by atoms with Crippen LogP contribution in [0.3, 0.4) is 0 Å². The molecule has 1 atom stereocenters. The third-order valence-electron chi connectivity index (χ3n) is 1.12. The SMILES string of the molecule is NC(C(=O)O)c1cc(=O)[nH]s1. The lowest BCUT2D eigenvalue weighted by Gasteiger charge is -1.99. The lowest BCUT2D eigenvalue weighted by molar-refractivity contribution is -0.138. The second-order valence-corrected chi connectivity index (χ2v) is 2.81. The van der Waals surface area contributed by atoms with Gasteiger partial charge in [-0.25, -0.2) is 0 Å². The van der Waals surface area contributed by atoms with E-state index in [2.05, 4.69) is 4.37 Å². The summed E-state index contributed by atoms with van der Waals surface area (Å²) in [5.41, 5.74) is 4.89. The Morgan fingerprint density at radius 1 is 1.82 bits per heavy atom. The maximum absolute atomic E-state index is 10.5. The summed E-state index contributed by atoms with van der Waals surface area (Å²) in [6.07, 6.45) is 0.